The number of amides is 1. The first-order chi connectivity index (χ1) is 18.0. The molecular weight excluding hydrogens is 527 g/mol. The molecule has 0 aliphatic rings. The van der Waals surface area contributed by atoms with Crippen molar-refractivity contribution < 1.29 is 19.0 Å². The van der Waals surface area contributed by atoms with Crippen LogP contribution < -0.4 is 10.1 Å². The lowest BCUT2D eigenvalue weighted by molar-refractivity contribution is 0.121. The number of benzene rings is 2. The fourth-order valence-corrected chi connectivity index (χ4v) is 4.92. The van der Waals surface area contributed by atoms with E-state index in [9.17, 15) is 14.3 Å². The number of hydrogen-bond donors (Lipinski definition) is 2. The van der Waals surface area contributed by atoms with E-state index in [-0.39, 0.29) is 17.8 Å². The van der Waals surface area contributed by atoms with Gasteiger partial charge in [-0.05, 0) is 47.4 Å². The highest BCUT2D eigenvalue weighted by Crippen LogP contribution is 2.34. The third-order valence-corrected chi connectivity index (χ3v) is 6.97. The topological polar surface area (TPSA) is 87.6 Å². The molecule has 0 saturated heterocycles. The van der Waals surface area contributed by atoms with E-state index in [1.165, 1.54) is 41.7 Å². The highest BCUT2D eigenvalue weighted by Gasteiger charge is 2.29. The Hall–Kier alpha value is -3.87. The van der Waals surface area contributed by atoms with Crippen LogP contribution in [0.4, 0.5) is 20.7 Å². The number of halogens is 2. The average Bonchev–Trinajstić information content (AvgIpc) is 3.27. The summed E-state index contributed by atoms with van der Waals surface area (Å²) in [7, 11) is 1.52. The normalized spacial score (nSPS) is 11.9. The predicted octanol–water partition coefficient (Wildman–Crippen LogP) is 7.18. The van der Waals surface area contributed by atoms with Gasteiger partial charge in [0.25, 0.3) is 0 Å². The molecule has 4 aromatic rings. The average molecular weight is 553 g/mol. The van der Waals surface area contributed by atoms with Gasteiger partial charge in [0.05, 0.1) is 20.1 Å². The number of anilines is 2. The Bertz CT molecular complexity index is 1540. The lowest BCUT2D eigenvalue weighted by atomic mass is 9.86. The summed E-state index contributed by atoms with van der Waals surface area (Å²) < 4.78 is 20.0. The first-order valence-electron chi connectivity index (χ1n) is 11.7. The minimum Gasteiger partial charge on any atom is -0.487 e. The summed E-state index contributed by atoms with van der Waals surface area (Å²) >= 11 is 7.85. The molecule has 2 heterocycles. The third kappa shape index (κ3) is 6.52. The minimum atomic E-state index is -1.03. The second kappa shape index (κ2) is 11.3. The molecule has 196 valence electrons. The number of aromatic nitrogens is 2. The Morgan fingerprint density at radius 3 is 2.71 bits per heavy atom. The maximum Gasteiger partial charge on any atom is 0.408 e. The van der Waals surface area contributed by atoms with Gasteiger partial charge in [0, 0.05) is 12.7 Å². The minimum absolute atomic E-state index is 0.189. The number of rotatable bonds is 6. The van der Waals surface area contributed by atoms with Crippen LogP contribution in [0.2, 0.25) is 5.02 Å². The van der Waals surface area contributed by atoms with Crippen molar-refractivity contribution in [3.05, 3.63) is 76.1 Å². The zero-order chi connectivity index (χ0) is 27.4. The maximum atomic E-state index is 13.4. The molecule has 7 nitrogen and oxygen atoms in total. The van der Waals surface area contributed by atoms with Crippen LogP contribution in [0.3, 0.4) is 0 Å². The van der Waals surface area contributed by atoms with Crippen LogP contribution in [-0.2, 0) is 6.61 Å². The molecule has 2 aromatic heterocycles. The van der Waals surface area contributed by atoms with Crippen molar-refractivity contribution in [2.75, 3.05) is 12.4 Å². The maximum absolute atomic E-state index is 13.4. The van der Waals surface area contributed by atoms with Gasteiger partial charge in [0.2, 0.25) is 0 Å². The van der Waals surface area contributed by atoms with Gasteiger partial charge in [0.15, 0.2) is 5.82 Å². The Morgan fingerprint density at radius 1 is 1.24 bits per heavy atom. The summed E-state index contributed by atoms with van der Waals surface area (Å²) in [5, 5.41) is 13.1. The molecule has 10 heteroatoms. The second-order valence-corrected chi connectivity index (χ2v) is 11.1. The zero-order valence-corrected chi connectivity index (χ0v) is 22.8. The number of hydrogen-bond acceptors (Lipinski definition) is 6. The van der Waals surface area contributed by atoms with Gasteiger partial charge in [-0.15, -0.1) is 11.3 Å². The van der Waals surface area contributed by atoms with E-state index in [0.29, 0.717) is 27.8 Å². The van der Waals surface area contributed by atoms with E-state index < -0.39 is 12.1 Å². The number of carboxylic acid groups (broad SMARTS) is 1. The van der Waals surface area contributed by atoms with Crippen molar-refractivity contribution in [2.24, 2.45) is 5.41 Å². The van der Waals surface area contributed by atoms with Crippen LogP contribution in [0.1, 0.15) is 31.2 Å². The van der Waals surface area contributed by atoms with Crippen LogP contribution >= 0.6 is 22.9 Å². The van der Waals surface area contributed by atoms with E-state index in [1.54, 1.807) is 24.3 Å². The Kier molecular flexibility index (Phi) is 8.05. The van der Waals surface area contributed by atoms with Gasteiger partial charge in [-0.25, -0.2) is 19.2 Å². The Balaban J connectivity index is 1.53. The van der Waals surface area contributed by atoms with Crippen molar-refractivity contribution >= 4 is 50.8 Å². The molecule has 2 aromatic carbocycles. The quantitative estimate of drug-likeness (QED) is 0.246. The molecule has 1 unspecified atom stereocenters. The van der Waals surface area contributed by atoms with E-state index in [2.05, 4.69) is 27.1 Å². The van der Waals surface area contributed by atoms with Crippen LogP contribution in [-0.4, -0.2) is 39.2 Å². The molecule has 0 radical (unpaired) electrons. The summed E-state index contributed by atoms with van der Waals surface area (Å²) in [6.07, 6.45) is 0.431. The van der Waals surface area contributed by atoms with Crippen molar-refractivity contribution in [3.63, 3.8) is 0 Å². The molecule has 0 aliphatic heterocycles. The zero-order valence-electron chi connectivity index (χ0n) is 21.3. The van der Waals surface area contributed by atoms with Crippen molar-refractivity contribution in [2.45, 2.75) is 33.4 Å². The first-order valence-corrected chi connectivity index (χ1v) is 12.9. The lowest BCUT2D eigenvalue weighted by Crippen LogP contribution is -2.43. The molecule has 0 aliphatic carbocycles. The summed E-state index contributed by atoms with van der Waals surface area (Å²) in [4.78, 5) is 22.2. The molecule has 0 spiro atoms. The van der Waals surface area contributed by atoms with Gasteiger partial charge in [-0.3, -0.25) is 4.90 Å². The van der Waals surface area contributed by atoms with Crippen molar-refractivity contribution in [3.8, 4) is 17.6 Å². The van der Waals surface area contributed by atoms with Gasteiger partial charge in [0.1, 0.15) is 30.5 Å². The Morgan fingerprint density at radius 2 is 2.03 bits per heavy atom. The first kappa shape index (κ1) is 27.2. The van der Waals surface area contributed by atoms with Gasteiger partial charge in [-0.1, -0.05) is 56.3 Å². The smallest absolute Gasteiger partial charge is 0.408 e. The Labute approximate surface area is 229 Å². The summed E-state index contributed by atoms with van der Waals surface area (Å²) in [6.45, 7) is 6.04. The fraction of sp³-hybridized carbons (Fsp3) is 0.250. The lowest BCUT2D eigenvalue weighted by Gasteiger charge is -2.32. The molecule has 0 saturated carbocycles. The largest absolute Gasteiger partial charge is 0.487 e. The van der Waals surface area contributed by atoms with Crippen molar-refractivity contribution in [1.82, 2.24) is 14.9 Å². The fourth-order valence-electron chi connectivity index (χ4n) is 3.77. The standard InChI is InChI=1S/C28H26ClFN4O3S/c1-28(2,3)24(34(4)27(35)36)11-9-20-14-22-25(38-20)26(32-16-31-22)33-19-8-10-23(21(29)13-19)37-15-17-6-5-7-18(30)12-17/h5-8,10,12-14,16,24H,15H2,1-4H3,(H,35,36)(H,31,32,33). The summed E-state index contributed by atoms with van der Waals surface area (Å²) in [6, 6.07) is 12.8. The number of fused-ring (bicyclic) bond motifs is 1. The summed E-state index contributed by atoms with van der Waals surface area (Å²) in [5.74, 6) is 6.98. The second-order valence-electron chi connectivity index (χ2n) is 9.67. The number of thiophene rings is 1. The number of carbonyl (C=O) groups is 1. The third-order valence-electron chi connectivity index (χ3n) is 5.63. The van der Waals surface area contributed by atoms with Crippen molar-refractivity contribution in [1.29, 1.82) is 0 Å². The predicted molar refractivity (Wildman–Crippen MR) is 149 cm³/mol. The van der Waals surface area contributed by atoms with E-state index >= 15 is 0 Å². The molecule has 4 rings (SSSR count). The van der Waals surface area contributed by atoms with Crippen LogP contribution in [0.5, 0.6) is 5.75 Å². The molecular formula is C28H26ClFN4O3S. The molecule has 0 bridgehead atoms. The van der Waals surface area contributed by atoms with Gasteiger partial charge < -0.3 is 15.2 Å². The van der Waals surface area contributed by atoms with E-state index in [1.807, 2.05) is 32.9 Å². The molecule has 0 fully saturated rings. The van der Waals surface area contributed by atoms with E-state index in [4.69, 9.17) is 16.3 Å². The highest BCUT2D eigenvalue weighted by atomic mass is 35.5. The van der Waals surface area contributed by atoms with Crippen LogP contribution in [0.25, 0.3) is 10.2 Å². The number of nitrogens with zero attached hydrogens (tertiary/aromatic N) is 3. The monoisotopic (exact) mass is 552 g/mol. The van der Waals surface area contributed by atoms with Crippen LogP contribution in [0, 0.1) is 23.1 Å². The molecule has 2 N–H and O–H groups in total. The number of nitrogens with one attached hydrogen (secondary N) is 1. The summed E-state index contributed by atoms with van der Waals surface area (Å²) in [5.41, 5.74) is 1.75. The van der Waals surface area contributed by atoms with Gasteiger partial charge >= 0.3 is 6.09 Å². The van der Waals surface area contributed by atoms with Gasteiger partial charge in [-0.2, -0.15) is 0 Å². The SMILES string of the molecule is CN(C(=O)O)C(C#Cc1cc2ncnc(Nc3ccc(OCc4cccc(F)c4)c(Cl)c3)c2s1)C(C)(C)C. The van der Waals surface area contributed by atoms with Crippen LogP contribution in [0.15, 0.2) is 54.9 Å². The molecule has 1 amide bonds. The number of ether oxygens (including phenoxy) is 1. The molecule has 38 heavy (non-hydrogen) atoms. The van der Waals surface area contributed by atoms with E-state index in [0.717, 1.165) is 15.1 Å². The molecule has 1 atom stereocenters. The highest BCUT2D eigenvalue weighted by molar-refractivity contribution is 7.20.